The van der Waals surface area contributed by atoms with Crippen molar-refractivity contribution in [2.75, 3.05) is 16.3 Å². The van der Waals surface area contributed by atoms with Crippen LogP contribution in [-0.4, -0.2) is 40.5 Å². The molecule has 204 valence electrons. The maximum Gasteiger partial charge on any atom is 0.416 e. The highest BCUT2D eigenvalue weighted by Gasteiger charge is 2.42. The molecule has 0 spiro atoms. The summed E-state index contributed by atoms with van der Waals surface area (Å²) < 4.78 is 47.4. The summed E-state index contributed by atoms with van der Waals surface area (Å²) in [5.41, 5.74) is 0.0692. The average molecular weight is 565 g/mol. The van der Waals surface area contributed by atoms with Crippen molar-refractivity contribution in [1.82, 2.24) is 9.97 Å². The average Bonchev–Trinajstić information content (AvgIpc) is 3.55. The van der Waals surface area contributed by atoms with Crippen LogP contribution in [0.4, 0.5) is 24.5 Å². The molecular weight excluding hydrogens is 541 g/mol. The fourth-order valence-corrected chi connectivity index (χ4v) is 5.28. The van der Waals surface area contributed by atoms with Gasteiger partial charge in [0, 0.05) is 35.3 Å². The number of aromatic nitrogens is 2. The van der Waals surface area contributed by atoms with Crippen LogP contribution in [-0.2, 0) is 11.0 Å². The first-order chi connectivity index (χ1) is 19.1. The quantitative estimate of drug-likeness (QED) is 0.272. The number of ether oxygens (including phenoxy) is 1. The number of alkyl halides is 3. The minimum atomic E-state index is -4.72. The molecule has 1 saturated heterocycles. The molecule has 11 heteroatoms. The number of hydrogen-bond donors (Lipinski definition) is 0. The number of amides is 2. The van der Waals surface area contributed by atoms with Crippen molar-refractivity contribution in [2.45, 2.75) is 38.6 Å². The van der Waals surface area contributed by atoms with Crippen LogP contribution in [0.25, 0.3) is 10.9 Å². The Morgan fingerprint density at radius 3 is 2.70 bits per heavy atom. The molecule has 0 bridgehead atoms. The van der Waals surface area contributed by atoms with Crippen molar-refractivity contribution in [3.63, 3.8) is 0 Å². The Kier molecular flexibility index (Phi) is 7.21. The minimum Gasteiger partial charge on any atom is -0.491 e. The first-order valence-electron chi connectivity index (χ1n) is 12.4. The van der Waals surface area contributed by atoms with Crippen molar-refractivity contribution in [1.29, 1.82) is 0 Å². The number of pyridine rings is 1. The van der Waals surface area contributed by atoms with E-state index in [2.05, 4.69) is 15.9 Å². The molecule has 1 aliphatic heterocycles. The van der Waals surface area contributed by atoms with Gasteiger partial charge in [-0.2, -0.15) is 13.2 Å². The minimum absolute atomic E-state index is 0.0673. The van der Waals surface area contributed by atoms with Crippen LogP contribution >= 0.6 is 11.3 Å². The van der Waals surface area contributed by atoms with Crippen molar-refractivity contribution >= 4 is 45.4 Å². The van der Waals surface area contributed by atoms with E-state index in [-0.39, 0.29) is 35.1 Å². The molecule has 0 saturated carbocycles. The SMILES string of the molecule is C#Cc1nc(C(=O)N(c2cc(OC(C)C)cc(C(F)(F)F)c2)C2CCN(c3ccnc4ccccc34)C2=O)cs1. The van der Waals surface area contributed by atoms with E-state index in [1.807, 2.05) is 24.3 Å². The first-order valence-corrected chi connectivity index (χ1v) is 13.2. The Labute approximate surface area is 232 Å². The topological polar surface area (TPSA) is 75.6 Å². The monoisotopic (exact) mass is 564 g/mol. The molecule has 4 aromatic rings. The Hall–Kier alpha value is -4.43. The Balaban J connectivity index is 1.62. The molecule has 0 aliphatic carbocycles. The van der Waals surface area contributed by atoms with Crippen molar-refractivity contribution in [3.05, 3.63) is 76.4 Å². The van der Waals surface area contributed by atoms with Crippen LogP contribution in [0.5, 0.6) is 5.75 Å². The second kappa shape index (κ2) is 10.6. The van der Waals surface area contributed by atoms with E-state index in [1.54, 1.807) is 26.1 Å². The molecule has 0 radical (unpaired) electrons. The molecule has 1 aliphatic rings. The molecule has 2 aromatic heterocycles. The first kappa shape index (κ1) is 27.1. The van der Waals surface area contributed by atoms with Gasteiger partial charge in [-0.3, -0.25) is 19.5 Å². The second-order valence-corrected chi connectivity index (χ2v) is 10.2. The second-order valence-electron chi connectivity index (χ2n) is 9.38. The molecule has 40 heavy (non-hydrogen) atoms. The third-order valence-electron chi connectivity index (χ3n) is 6.34. The van der Waals surface area contributed by atoms with Gasteiger partial charge in [0.05, 0.1) is 22.9 Å². The van der Waals surface area contributed by atoms with Gasteiger partial charge < -0.3 is 9.64 Å². The normalized spacial score (nSPS) is 15.5. The molecule has 5 rings (SSSR count). The largest absolute Gasteiger partial charge is 0.491 e. The van der Waals surface area contributed by atoms with Gasteiger partial charge in [0.1, 0.15) is 17.5 Å². The van der Waals surface area contributed by atoms with Gasteiger partial charge in [0.15, 0.2) is 5.01 Å². The smallest absolute Gasteiger partial charge is 0.416 e. The maximum atomic E-state index is 13.9. The molecule has 1 unspecified atom stereocenters. The highest BCUT2D eigenvalue weighted by atomic mass is 32.1. The highest BCUT2D eigenvalue weighted by molar-refractivity contribution is 7.10. The number of para-hydroxylation sites is 1. The number of hydrogen-bond acceptors (Lipinski definition) is 6. The fraction of sp³-hybridized carbons (Fsp3) is 0.241. The Morgan fingerprint density at radius 1 is 1.23 bits per heavy atom. The van der Waals surface area contributed by atoms with Gasteiger partial charge in [0.25, 0.3) is 5.91 Å². The third-order valence-corrected chi connectivity index (χ3v) is 7.11. The van der Waals surface area contributed by atoms with Crippen molar-refractivity contribution in [3.8, 4) is 18.1 Å². The maximum absolute atomic E-state index is 13.9. The number of anilines is 2. The summed E-state index contributed by atoms with van der Waals surface area (Å²) >= 11 is 1.05. The number of terminal acetylenes is 1. The number of fused-ring (bicyclic) bond motifs is 1. The Bertz CT molecular complexity index is 1640. The summed E-state index contributed by atoms with van der Waals surface area (Å²) in [4.78, 5) is 38.8. The molecule has 0 N–H and O–H groups in total. The molecule has 3 heterocycles. The zero-order valence-corrected chi connectivity index (χ0v) is 22.3. The van der Waals surface area contributed by atoms with E-state index in [0.29, 0.717) is 11.2 Å². The summed E-state index contributed by atoms with van der Waals surface area (Å²) in [7, 11) is 0. The fourth-order valence-electron chi connectivity index (χ4n) is 4.69. The molecule has 7 nitrogen and oxygen atoms in total. The van der Waals surface area contributed by atoms with Gasteiger partial charge in [-0.1, -0.05) is 18.2 Å². The van der Waals surface area contributed by atoms with Gasteiger partial charge >= 0.3 is 6.18 Å². The van der Waals surface area contributed by atoms with Gasteiger partial charge in [-0.05, 0) is 50.5 Å². The molecular formula is C29H23F3N4O3S. The van der Waals surface area contributed by atoms with E-state index in [0.717, 1.165) is 33.8 Å². The summed E-state index contributed by atoms with van der Waals surface area (Å²) in [5, 5.41) is 2.40. The molecule has 1 atom stereocenters. The van der Waals surface area contributed by atoms with Crippen LogP contribution in [0.1, 0.15) is 41.3 Å². The summed E-state index contributed by atoms with van der Waals surface area (Å²) in [6.45, 7) is 3.59. The third kappa shape index (κ3) is 5.22. The number of benzene rings is 2. The molecule has 2 aromatic carbocycles. The number of thiazole rings is 1. The van der Waals surface area contributed by atoms with Gasteiger partial charge in [0.2, 0.25) is 5.91 Å². The summed E-state index contributed by atoms with van der Waals surface area (Å²) in [6.07, 6.45) is 2.02. The molecule has 2 amide bonds. The van der Waals surface area contributed by atoms with Crippen LogP contribution < -0.4 is 14.5 Å². The lowest BCUT2D eigenvalue weighted by Crippen LogP contribution is -2.46. The zero-order valence-electron chi connectivity index (χ0n) is 21.5. The van der Waals surface area contributed by atoms with E-state index >= 15 is 0 Å². The Morgan fingerprint density at radius 2 is 2.00 bits per heavy atom. The number of nitrogens with zero attached hydrogens (tertiary/aromatic N) is 4. The van der Waals surface area contributed by atoms with Crippen molar-refractivity contribution < 1.29 is 27.5 Å². The van der Waals surface area contributed by atoms with E-state index in [4.69, 9.17) is 11.2 Å². The van der Waals surface area contributed by atoms with Gasteiger partial charge in [-0.25, -0.2) is 4.98 Å². The van der Waals surface area contributed by atoms with Crippen LogP contribution in [0.2, 0.25) is 0 Å². The highest BCUT2D eigenvalue weighted by Crippen LogP contribution is 2.38. The van der Waals surface area contributed by atoms with E-state index < -0.39 is 35.7 Å². The standard InChI is InChI=1S/C29H23F3N4O3S/c1-4-26-34-23(16-40-26)27(37)36(19-13-18(29(30,31)32)14-20(15-19)39-17(2)3)25-10-12-35(28(25)38)24-9-11-33-22-8-6-5-7-21(22)24/h1,5-9,11,13-17,25H,10,12H2,2-3H3. The summed E-state index contributed by atoms with van der Waals surface area (Å²) in [5.74, 6) is 1.08. The van der Waals surface area contributed by atoms with Crippen LogP contribution in [0, 0.1) is 12.3 Å². The zero-order chi connectivity index (χ0) is 28.6. The molecule has 1 fully saturated rings. The van der Waals surface area contributed by atoms with E-state index in [9.17, 15) is 22.8 Å². The van der Waals surface area contributed by atoms with Gasteiger partial charge in [-0.15, -0.1) is 17.8 Å². The van der Waals surface area contributed by atoms with E-state index in [1.165, 1.54) is 16.3 Å². The lowest BCUT2D eigenvalue weighted by atomic mass is 10.1. The van der Waals surface area contributed by atoms with Crippen LogP contribution in [0.15, 0.2) is 60.1 Å². The predicted molar refractivity (Wildman–Crippen MR) is 147 cm³/mol. The van der Waals surface area contributed by atoms with Crippen LogP contribution in [0.3, 0.4) is 0 Å². The lowest BCUT2D eigenvalue weighted by molar-refractivity contribution is -0.137. The number of halogens is 3. The number of carbonyl (C=O) groups excluding carboxylic acids is 2. The number of carbonyl (C=O) groups is 2. The number of rotatable bonds is 6. The lowest BCUT2D eigenvalue weighted by Gasteiger charge is -2.29. The predicted octanol–water partition coefficient (Wildman–Crippen LogP) is 5.93. The van der Waals surface area contributed by atoms with Crippen molar-refractivity contribution in [2.24, 2.45) is 0 Å². The summed E-state index contributed by atoms with van der Waals surface area (Å²) in [6, 6.07) is 11.0.